The molecule has 0 atom stereocenters. The third kappa shape index (κ3) is 5.82. The minimum atomic E-state index is -0.0387. The molecule has 2 N–H and O–H groups in total. The Morgan fingerprint density at radius 2 is 2.27 bits per heavy atom. The van der Waals surface area contributed by atoms with Gasteiger partial charge in [0.2, 0.25) is 11.0 Å². The van der Waals surface area contributed by atoms with Gasteiger partial charge >= 0.3 is 0 Å². The number of carbonyl (C=O) groups is 1. The Labute approximate surface area is 142 Å². The van der Waals surface area contributed by atoms with Crippen molar-refractivity contribution in [3.8, 4) is 0 Å². The molecule has 0 spiro atoms. The zero-order valence-electron chi connectivity index (χ0n) is 12.1. The number of amides is 1. The fourth-order valence-corrected chi connectivity index (χ4v) is 3.42. The molecule has 0 radical (unpaired) electrons. The zero-order chi connectivity index (χ0) is 15.8. The van der Waals surface area contributed by atoms with Gasteiger partial charge < -0.3 is 10.6 Å². The van der Waals surface area contributed by atoms with E-state index in [1.165, 1.54) is 23.1 Å². The van der Waals surface area contributed by atoms with Crippen LogP contribution >= 0.6 is 34.7 Å². The van der Waals surface area contributed by atoms with Gasteiger partial charge in [-0.3, -0.25) is 4.79 Å². The average Bonchev–Trinajstić information content (AvgIpc) is 2.97. The van der Waals surface area contributed by atoms with Crippen molar-refractivity contribution in [1.82, 2.24) is 15.5 Å². The Balaban J connectivity index is 1.72. The highest BCUT2D eigenvalue weighted by Crippen LogP contribution is 2.25. The summed E-state index contributed by atoms with van der Waals surface area (Å²) in [4.78, 5) is 11.8. The molecule has 1 aromatic carbocycles. The molecule has 0 bridgehead atoms. The summed E-state index contributed by atoms with van der Waals surface area (Å²) in [5, 5.41) is 15.6. The highest BCUT2D eigenvalue weighted by atomic mass is 35.5. The molecule has 22 heavy (non-hydrogen) atoms. The fraction of sp³-hybridized carbons (Fsp3) is 0.357. The molecule has 1 heterocycles. The first kappa shape index (κ1) is 17.1. The average molecular weight is 357 g/mol. The molecule has 1 amide bonds. The third-order valence-corrected chi connectivity index (χ3v) is 4.89. The lowest BCUT2D eigenvalue weighted by atomic mass is 10.2. The predicted octanol–water partition coefficient (Wildman–Crippen LogP) is 3.42. The van der Waals surface area contributed by atoms with Crippen molar-refractivity contribution in [3.63, 3.8) is 0 Å². The molecule has 0 fully saturated rings. The van der Waals surface area contributed by atoms with Crippen LogP contribution in [-0.2, 0) is 11.3 Å². The summed E-state index contributed by atoms with van der Waals surface area (Å²) in [6.07, 6.45) is 1.04. The van der Waals surface area contributed by atoms with Crippen LogP contribution in [0.25, 0.3) is 0 Å². The monoisotopic (exact) mass is 356 g/mol. The molecule has 0 saturated heterocycles. The second-order valence-electron chi connectivity index (χ2n) is 4.50. The molecule has 8 heteroatoms. The minimum Gasteiger partial charge on any atom is -0.360 e. The Bertz CT molecular complexity index is 620. The summed E-state index contributed by atoms with van der Waals surface area (Å²) in [7, 11) is 0. The van der Waals surface area contributed by atoms with E-state index in [1.54, 1.807) is 0 Å². The number of hydrogen-bond donors (Lipinski definition) is 2. The van der Waals surface area contributed by atoms with E-state index in [2.05, 4.69) is 27.8 Å². The van der Waals surface area contributed by atoms with Crippen molar-refractivity contribution >= 4 is 45.7 Å². The molecule has 0 saturated carbocycles. The number of anilines is 1. The molecule has 0 aliphatic carbocycles. The number of carbonyl (C=O) groups excluding carboxylic acids is 1. The van der Waals surface area contributed by atoms with Crippen LogP contribution in [0.5, 0.6) is 0 Å². The Morgan fingerprint density at radius 3 is 3.05 bits per heavy atom. The first-order chi connectivity index (χ1) is 10.7. The van der Waals surface area contributed by atoms with E-state index >= 15 is 0 Å². The molecule has 5 nitrogen and oxygen atoms in total. The van der Waals surface area contributed by atoms with Gasteiger partial charge in [-0.15, -0.1) is 10.2 Å². The lowest BCUT2D eigenvalue weighted by Crippen LogP contribution is -2.24. The van der Waals surface area contributed by atoms with Crippen molar-refractivity contribution in [2.75, 3.05) is 17.6 Å². The van der Waals surface area contributed by atoms with Crippen LogP contribution in [0.3, 0.4) is 0 Å². The maximum Gasteiger partial charge on any atom is 0.230 e. The smallest absolute Gasteiger partial charge is 0.230 e. The van der Waals surface area contributed by atoms with E-state index < -0.39 is 0 Å². The summed E-state index contributed by atoms with van der Waals surface area (Å²) >= 11 is 8.75. The van der Waals surface area contributed by atoms with Crippen molar-refractivity contribution in [3.05, 3.63) is 34.9 Å². The molecule has 118 valence electrons. The van der Waals surface area contributed by atoms with Crippen LogP contribution in [0.15, 0.2) is 28.6 Å². The molecular formula is C14H17ClN4OS2. The van der Waals surface area contributed by atoms with E-state index in [1.807, 2.05) is 24.3 Å². The number of nitrogens with zero attached hydrogens (tertiary/aromatic N) is 2. The number of aromatic nitrogens is 2. The topological polar surface area (TPSA) is 66.9 Å². The van der Waals surface area contributed by atoms with Gasteiger partial charge in [0.15, 0.2) is 4.34 Å². The van der Waals surface area contributed by atoms with Crippen molar-refractivity contribution in [2.45, 2.75) is 24.2 Å². The summed E-state index contributed by atoms with van der Waals surface area (Å²) in [6.45, 7) is 3.44. The summed E-state index contributed by atoms with van der Waals surface area (Å²) in [5.74, 6) is 0.284. The maximum atomic E-state index is 11.8. The fourth-order valence-electron chi connectivity index (χ4n) is 1.60. The largest absolute Gasteiger partial charge is 0.360 e. The lowest BCUT2D eigenvalue weighted by Gasteiger charge is -2.04. The molecule has 2 rings (SSSR count). The molecule has 0 aliphatic rings. The van der Waals surface area contributed by atoms with Crippen LogP contribution in [0, 0.1) is 0 Å². The number of nitrogens with one attached hydrogen (secondary N) is 2. The first-order valence-electron chi connectivity index (χ1n) is 6.88. The van der Waals surface area contributed by atoms with E-state index in [0.29, 0.717) is 17.3 Å². The normalized spacial score (nSPS) is 10.5. The number of thioether (sulfide) groups is 1. The SMILES string of the molecule is CCCNc1nnc(SCC(=O)NCc2cccc(Cl)c2)s1. The van der Waals surface area contributed by atoms with Gasteiger partial charge in [-0.05, 0) is 24.1 Å². The Morgan fingerprint density at radius 1 is 1.41 bits per heavy atom. The van der Waals surface area contributed by atoms with E-state index in [4.69, 9.17) is 11.6 Å². The van der Waals surface area contributed by atoms with Crippen LogP contribution in [0.4, 0.5) is 5.13 Å². The van der Waals surface area contributed by atoms with Crippen LogP contribution in [0.1, 0.15) is 18.9 Å². The number of halogens is 1. The van der Waals surface area contributed by atoms with Gasteiger partial charge in [0.25, 0.3) is 0 Å². The number of benzene rings is 1. The first-order valence-corrected chi connectivity index (χ1v) is 9.06. The highest BCUT2D eigenvalue weighted by molar-refractivity contribution is 8.01. The zero-order valence-corrected chi connectivity index (χ0v) is 14.5. The minimum absolute atomic E-state index is 0.0387. The van der Waals surface area contributed by atoms with Crippen molar-refractivity contribution in [1.29, 1.82) is 0 Å². The summed E-state index contributed by atoms with van der Waals surface area (Å²) < 4.78 is 0.788. The predicted molar refractivity (Wildman–Crippen MR) is 92.7 cm³/mol. The molecule has 1 aromatic heterocycles. The van der Waals surface area contributed by atoms with Crippen LogP contribution in [0.2, 0.25) is 5.02 Å². The van der Waals surface area contributed by atoms with Gasteiger partial charge in [0.05, 0.1) is 5.75 Å². The second kappa shape index (κ2) is 8.97. The van der Waals surface area contributed by atoms with Crippen LogP contribution < -0.4 is 10.6 Å². The van der Waals surface area contributed by atoms with Gasteiger partial charge in [0, 0.05) is 18.1 Å². The third-order valence-electron chi connectivity index (χ3n) is 2.64. The quantitative estimate of drug-likeness (QED) is 0.709. The van der Waals surface area contributed by atoms with E-state index in [9.17, 15) is 4.79 Å². The Hall–Kier alpha value is -1.31. The molecule has 0 aliphatic heterocycles. The van der Waals surface area contributed by atoms with E-state index in [-0.39, 0.29) is 5.91 Å². The highest BCUT2D eigenvalue weighted by Gasteiger charge is 2.08. The number of hydrogen-bond acceptors (Lipinski definition) is 6. The van der Waals surface area contributed by atoms with E-state index in [0.717, 1.165) is 28.0 Å². The Kier molecular flexibility index (Phi) is 6.95. The summed E-state index contributed by atoms with van der Waals surface area (Å²) in [5.41, 5.74) is 0.979. The molecule has 0 unspecified atom stereocenters. The maximum absolute atomic E-state index is 11.8. The number of rotatable bonds is 8. The second-order valence-corrected chi connectivity index (χ2v) is 7.13. The summed E-state index contributed by atoms with van der Waals surface area (Å²) in [6, 6.07) is 7.44. The van der Waals surface area contributed by atoms with Gasteiger partial charge in [-0.25, -0.2) is 0 Å². The molecular weight excluding hydrogens is 340 g/mol. The van der Waals surface area contributed by atoms with Gasteiger partial charge in [-0.1, -0.05) is 53.8 Å². The standard InChI is InChI=1S/C14H17ClN4OS2/c1-2-6-16-13-18-19-14(22-13)21-9-12(20)17-8-10-4-3-5-11(15)7-10/h3-5,7H,2,6,8-9H2,1H3,(H,16,18)(H,17,20). The van der Waals surface area contributed by atoms with Gasteiger partial charge in [0.1, 0.15) is 0 Å². The lowest BCUT2D eigenvalue weighted by molar-refractivity contribution is -0.118. The van der Waals surface area contributed by atoms with Crippen molar-refractivity contribution < 1.29 is 4.79 Å². The van der Waals surface area contributed by atoms with Crippen molar-refractivity contribution in [2.24, 2.45) is 0 Å². The van der Waals surface area contributed by atoms with Gasteiger partial charge in [-0.2, -0.15) is 0 Å². The molecule has 2 aromatic rings. The van der Waals surface area contributed by atoms with Crippen LogP contribution in [-0.4, -0.2) is 28.4 Å².